The number of aromatic nitrogens is 1. The average molecular weight is 455 g/mol. The molecule has 0 fully saturated rings. The average Bonchev–Trinajstić information content (AvgIpc) is 3.30. The summed E-state index contributed by atoms with van der Waals surface area (Å²) in [7, 11) is -3.98. The van der Waals surface area contributed by atoms with Gasteiger partial charge in [-0.1, -0.05) is 23.7 Å². The molecule has 0 radical (unpaired) electrons. The SMILES string of the molecule is O=C(c1cc[n+]([O-])cc1)c1cc(Cl)ccc1NS(=O)(=O)c1ccc(-c2ccoc2)cc1. The van der Waals surface area contributed by atoms with Crippen LogP contribution in [0.4, 0.5) is 5.69 Å². The van der Waals surface area contributed by atoms with Crippen molar-refractivity contribution in [1.82, 2.24) is 0 Å². The van der Waals surface area contributed by atoms with Crippen molar-refractivity contribution in [2.45, 2.75) is 4.90 Å². The maximum atomic E-state index is 12.9. The zero-order valence-electron chi connectivity index (χ0n) is 15.9. The topological polar surface area (TPSA) is 103 Å². The number of pyridine rings is 1. The first kappa shape index (κ1) is 20.6. The number of sulfonamides is 1. The van der Waals surface area contributed by atoms with Gasteiger partial charge in [-0.15, -0.1) is 0 Å². The molecular weight excluding hydrogens is 440 g/mol. The van der Waals surface area contributed by atoms with Crippen molar-refractivity contribution in [2.75, 3.05) is 4.72 Å². The molecule has 7 nitrogen and oxygen atoms in total. The monoisotopic (exact) mass is 454 g/mol. The second-order valence-electron chi connectivity index (χ2n) is 6.61. The van der Waals surface area contributed by atoms with Crippen LogP contribution >= 0.6 is 11.6 Å². The second-order valence-corrected chi connectivity index (χ2v) is 8.73. The Morgan fingerprint density at radius 2 is 1.68 bits per heavy atom. The minimum absolute atomic E-state index is 0.0280. The molecule has 2 heterocycles. The van der Waals surface area contributed by atoms with Gasteiger partial charge in [0.2, 0.25) is 0 Å². The molecule has 2 aromatic carbocycles. The highest BCUT2D eigenvalue weighted by molar-refractivity contribution is 7.92. The van der Waals surface area contributed by atoms with Crippen LogP contribution in [0.3, 0.4) is 0 Å². The second kappa shape index (κ2) is 8.25. The molecule has 2 aromatic heterocycles. The third-order valence-corrected chi connectivity index (χ3v) is 6.17. The van der Waals surface area contributed by atoms with Crippen LogP contribution in [0.15, 0.2) is 94.9 Å². The van der Waals surface area contributed by atoms with Crippen LogP contribution in [0.5, 0.6) is 0 Å². The number of nitrogens with one attached hydrogen (secondary N) is 1. The summed E-state index contributed by atoms with van der Waals surface area (Å²) in [5.74, 6) is -0.476. The highest BCUT2D eigenvalue weighted by Gasteiger charge is 2.21. The molecule has 0 aliphatic carbocycles. The molecular formula is C22H15ClN2O5S. The standard InChI is InChI=1S/C22H15ClN2O5S/c23-18-3-6-21(20(13-18)22(26)16-7-10-25(27)11-8-16)24-31(28,29)19-4-1-15(2-5-19)17-9-12-30-14-17/h1-14,24H. The lowest BCUT2D eigenvalue weighted by Crippen LogP contribution is -2.24. The number of hydrogen-bond acceptors (Lipinski definition) is 5. The van der Waals surface area contributed by atoms with Crippen molar-refractivity contribution in [1.29, 1.82) is 0 Å². The summed E-state index contributed by atoms with van der Waals surface area (Å²) in [5.41, 5.74) is 1.99. The fourth-order valence-electron chi connectivity index (χ4n) is 2.97. The highest BCUT2D eigenvalue weighted by Crippen LogP contribution is 2.27. The Morgan fingerprint density at radius 1 is 0.968 bits per heavy atom. The lowest BCUT2D eigenvalue weighted by atomic mass is 10.0. The quantitative estimate of drug-likeness (QED) is 0.266. The van der Waals surface area contributed by atoms with Gasteiger partial charge in [0.15, 0.2) is 18.2 Å². The summed E-state index contributed by atoms with van der Waals surface area (Å²) in [5, 5.41) is 11.5. The predicted octanol–water partition coefficient (Wildman–Crippen LogP) is 4.27. The molecule has 0 atom stereocenters. The maximum Gasteiger partial charge on any atom is 0.261 e. The van der Waals surface area contributed by atoms with Gasteiger partial charge >= 0.3 is 0 Å². The van der Waals surface area contributed by atoms with Gasteiger partial charge in [-0.2, -0.15) is 4.73 Å². The number of halogens is 1. The van der Waals surface area contributed by atoms with Gasteiger partial charge in [0.1, 0.15) is 0 Å². The molecule has 0 amide bonds. The molecule has 4 aromatic rings. The molecule has 0 aliphatic heterocycles. The van der Waals surface area contributed by atoms with Crippen molar-refractivity contribution in [2.24, 2.45) is 0 Å². The number of furan rings is 1. The molecule has 9 heteroatoms. The minimum Gasteiger partial charge on any atom is -0.619 e. The molecule has 0 unspecified atom stereocenters. The fourth-order valence-corrected chi connectivity index (χ4v) is 4.22. The Balaban J connectivity index is 1.65. The van der Waals surface area contributed by atoms with Crippen LogP contribution in [0.1, 0.15) is 15.9 Å². The van der Waals surface area contributed by atoms with Crippen molar-refractivity contribution in [3.05, 3.63) is 107 Å². The Bertz CT molecular complexity index is 1330. The smallest absolute Gasteiger partial charge is 0.261 e. The number of benzene rings is 2. The summed E-state index contributed by atoms with van der Waals surface area (Å²) in [6.07, 6.45) is 5.46. The molecule has 0 aliphatic rings. The van der Waals surface area contributed by atoms with Crippen LogP contribution in [0, 0.1) is 5.21 Å². The number of rotatable bonds is 6. The zero-order chi connectivity index (χ0) is 22.0. The number of anilines is 1. The summed E-state index contributed by atoms with van der Waals surface area (Å²) >= 11 is 6.04. The lowest BCUT2D eigenvalue weighted by molar-refractivity contribution is -0.605. The minimum atomic E-state index is -3.98. The van der Waals surface area contributed by atoms with Crippen LogP contribution in [-0.4, -0.2) is 14.2 Å². The van der Waals surface area contributed by atoms with Crippen LogP contribution in [0.2, 0.25) is 5.02 Å². The van der Waals surface area contributed by atoms with Crippen LogP contribution in [-0.2, 0) is 10.0 Å². The van der Waals surface area contributed by atoms with E-state index in [4.69, 9.17) is 16.0 Å². The molecule has 0 bridgehead atoms. The molecule has 1 N–H and O–H groups in total. The van der Waals surface area contributed by atoms with E-state index >= 15 is 0 Å². The first-order valence-electron chi connectivity index (χ1n) is 9.02. The van der Waals surface area contributed by atoms with Gasteiger partial charge in [-0.05, 0) is 42.0 Å². The number of carbonyl (C=O) groups is 1. The maximum absolute atomic E-state index is 12.9. The zero-order valence-corrected chi connectivity index (χ0v) is 17.4. The normalized spacial score (nSPS) is 11.3. The van der Waals surface area contributed by atoms with Crippen molar-refractivity contribution in [3.63, 3.8) is 0 Å². The highest BCUT2D eigenvalue weighted by atomic mass is 35.5. The number of ketones is 1. The van der Waals surface area contributed by atoms with Gasteiger partial charge in [0.05, 0.1) is 23.1 Å². The fraction of sp³-hybridized carbons (Fsp3) is 0. The van der Waals surface area contributed by atoms with E-state index in [9.17, 15) is 18.4 Å². The summed E-state index contributed by atoms with van der Waals surface area (Å²) in [6, 6.07) is 15.0. The molecule has 156 valence electrons. The molecule has 0 saturated carbocycles. The van der Waals surface area contributed by atoms with Gasteiger partial charge in [0, 0.05) is 33.8 Å². The Morgan fingerprint density at radius 3 is 2.32 bits per heavy atom. The van der Waals surface area contributed by atoms with E-state index in [1.165, 1.54) is 61.1 Å². The van der Waals surface area contributed by atoms with Gasteiger partial charge in [-0.25, -0.2) is 8.42 Å². The van der Waals surface area contributed by atoms with E-state index in [1.54, 1.807) is 24.5 Å². The van der Waals surface area contributed by atoms with E-state index in [1.807, 2.05) is 0 Å². The van der Waals surface area contributed by atoms with Gasteiger partial charge < -0.3 is 9.62 Å². The number of hydrogen-bond donors (Lipinski definition) is 1. The number of carbonyl (C=O) groups excluding carboxylic acids is 1. The van der Waals surface area contributed by atoms with E-state index in [0.29, 0.717) is 4.73 Å². The van der Waals surface area contributed by atoms with Crippen molar-refractivity contribution < 1.29 is 22.4 Å². The largest absolute Gasteiger partial charge is 0.619 e. The van der Waals surface area contributed by atoms with E-state index < -0.39 is 15.8 Å². The third kappa shape index (κ3) is 4.45. The van der Waals surface area contributed by atoms with Crippen LogP contribution in [0.25, 0.3) is 11.1 Å². The third-order valence-electron chi connectivity index (χ3n) is 4.55. The first-order valence-corrected chi connectivity index (χ1v) is 10.9. The Labute approximate surface area is 183 Å². The van der Waals surface area contributed by atoms with Gasteiger partial charge in [-0.3, -0.25) is 9.52 Å². The Hall–Kier alpha value is -3.62. The first-order chi connectivity index (χ1) is 14.8. The van der Waals surface area contributed by atoms with Crippen molar-refractivity contribution in [3.8, 4) is 11.1 Å². The van der Waals surface area contributed by atoms with Crippen LogP contribution < -0.4 is 9.45 Å². The summed E-state index contributed by atoms with van der Waals surface area (Å²) < 4.78 is 33.9. The summed E-state index contributed by atoms with van der Waals surface area (Å²) in [4.78, 5) is 12.9. The molecule has 4 rings (SSSR count). The van der Waals surface area contributed by atoms with Crippen molar-refractivity contribution >= 4 is 33.1 Å². The number of nitrogens with zero attached hydrogens (tertiary/aromatic N) is 1. The molecule has 0 spiro atoms. The lowest BCUT2D eigenvalue weighted by Gasteiger charge is -2.13. The molecule has 31 heavy (non-hydrogen) atoms. The van der Waals surface area contributed by atoms with Gasteiger partial charge in [0.25, 0.3) is 10.0 Å². The predicted molar refractivity (Wildman–Crippen MR) is 115 cm³/mol. The Kier molecular flexibility index (Phi) is 5.50. The summed E-state index contributed by atoms with van der Waals surface area (Å²) in [6.45, 7) is 0. The van der Waals surface area contributed by atoms with E-state index in [0.717, 1.165) is 11.1 Å². The molecule has 0 saturated heterocycles. The van der Waals surface area contributed by atoms with E-state index in [2.05, 4.69) is 4.72 Å². The van der Waals surface area contributed by atoms with E-state index in [-0.39, 0.29) is 26.7 Å².